The Hall–Kier alpha value is -0.923. The molecule has 0 aromatic heterocycles. The smallest absolute Gasteiger partial charge is 0.192 e. The van der Waals surface area contributed by atoms with Gasteiger partial charge in [0.05, 0.1) is 20.3 Å². The van der Waals surface area contributed by atoms with Crippen LogP contribution in [0.25, 0.3) is 0 Å². The van der Waals surface area contributed by atoms with Gasteiger partial charge in [-0.2, -0.15) is 0 Å². The van der Waals surface area contributed by atoms with E-state index in [9.17, 15) is 5.11 Å². The lowest BCUT2D eigenvalue weighted by Crippen LogP contribution is -2.44. The predicted molar refractivity (Wildman–Crippen MR) is 95.7 cm³/mol. The van der Waals surface area contributed by atoms with Crippen molar-refractivity contribution in [2.24, 2.45) is 0 Å². The molecule has 1 saturated heterocycles. The largest absolute Gasteiger partial charge is 0.497 e. The molecule has 1 fully saturated rings. The van der Waals surface area contributed by atoms with Gasteiger partial charge in [0, 0.05) is 5.56 Å². The van der Waals surface area contributed by atoms with Crippen molar-refractivity contribution in [3.8, 4) is 5.75 Å². The zero-order valence-electron chi connectivity index (χ0n) is 15.5. The molecular formula is C18H30O5Si. The maximum absolute atomic E-state index is 9.60. The first-order chi connectivity index (χ1) is 11.2. The molecule has 1 aliphatic heterocycles. The highest BCUT2D eigenvalue weighted by Gasteiger charge is 2.41. The van der Waals surface area contributed by atoms with Gasteiger partial charge in [-0.25, -0.2) is 0 Å². The monoisotopic (exact) mass is 354 g/mol. The lowest BCUT2D eigenvalue weighted by atomic mass is 10.2. The first-order valence-corrected chi connectivity index (χ1v) is 11.3. The molecule has 2 rings (SSSR count). The minimum atomic E-state index is -1.86. The fourth-order valence-corrected chi connectivity index (χ4v) is 3.27. The van der Waals surface area contributed by atoms with Crippen LogP contribution in [0.1, 0.15) is 32.6 Å². The quantitative estimate of drug-likeness (QED) is 0.793. The van der Waals surface area contributed by atoms with Gasteiger partial charge in [-0.15, -0.1) is 0 Å². The number of aliphatic hydroxyl groups is 1. The second-order valence-electron chi connectivity index (χ2n) is 7.71. The summed E-state index contributed by atoms with van der Waals surface area (Å²) in [6, 6.07) is 7.56. The standard InChI is InChI=1S/C18H30O5Si/c1-18(2,3)24(5,6)21-12-16-15(11-19)22-17(23-16)13-7-9-14(20-4)10-8-13/h7-10,15-17,19H,11-12H2,1-6H3/t15-,16-,17?/m0/s1. The first kappa shape index (κ1) is 19.4. The van der Waals surface area contributed by atoms with E-state index in [1.807, 2.05) is 24.3 Å². The second kappa shape index (κ2) is 7.54. The van der Waals surface area contributed by atoms with E-state index < -0.39 is 14.6 Å². The van der Waals surface area contributed by atoms with Crippen LogP contribution in [0.5, 0.6) is 5.75 Å². The molecule has 0 aliphatic carbocycles. The molecule has 0 spiro atoms. The molecule has 6 heteroatoms. The fraction of sp³-hybridized carbons (Fsp3) is 0.667. The Morgan fingerprint density at radius 3 is 2.17 bits per heavy atom. The van der Waals surface area contributed by atoms with Crippen LogP contribution in [-0.4, -0.2) is 46.0 Å². The van der Waals surface area contributed by atoms with Gasteiger partial charge in [0.2, 0.25) is 0 Å². The Balaban J connectivity index is 2.01. The molecule has 1 unspecified atom stereocenters. The Labute approximate surface area is 146 Å². The Morgan fingerprint density at radius 2 is 1.67 bits per heavy atom. The van der Waals surface area contributed by atoms with Crippen LogP contribution in [0.3, 0.4) is 0 Å². The van der Waals surface area contributed by atoms with Crippen LogP contribution >= 0.6 is 0 Å². The molecule has 0 bridgehead atoms. The first-order valence-electron chi connectivity index (χ1n) is 8.37. The minimum Gasteiger partial charge on any atom is -0.497 e. The van der Waals surface area contributed by atoms with Crippen LogP contribution in [0.2, 0.25) is 18.1 Å². The lowest BCUT2D eigenvalue weighted by molar-refractivity contribution is -0.0766. The lowest BCUT2D eigenvalue weighted by Gasteiger charge is -2.37. The van der Waals surface area contributed by atoms with Crippen molar-refractivity contribution in [1.82, 2.24) is 0 Å². The SMILES string of the molecule is COc1ccc(C2O[C@@H](CO)[C@H](CO[Si](C)(C)C(C)(C)C)O2)cc1. The van der Waals surface area contributed by atoms with Crippen LogP contribution in [0, 0.1) is 0 Å². The normalized spacial score (nSPS) is 25.0. The van der Waals surface area contributed by atoms with E-state index in [1.165, 1.54) is 0 Å². The van der Waals surface area contributed by atoms with E-state index >= 15 is 0 Å². The van der Waals surface area contributed by atoms with Crippen molar-refractivity contribution in [3.63, 3.8) is 0 Å². The zero-order valence-corrected chi connectivity index (χ0v) is 16.5. The number of rotatable bonds is 6. The third-order valence-corrected chi connectivity index (χ3v) is 9.49. The summed E-state index contributed by atoms with van der Waals surface area (Å²) in [5.74, 6) is 0.785. The van der Waals surface area contributed by atoms with E-state index in [4.69, 9.17) is 18.6 Å². The summed E-state index contributed by atoms with van der Waals surface area (Å²) in [6.45, 7) is 11.4. The van der Waals surface area contributed by atoms with Crippen molar-refractivity contribution in [2.75, 3.05) is 20.3 Å². The van der Waals surface area contributed by atoms with Gasteiger partial charge in [0.15, 0.2) is 14.6 Å². The molecule has 0 radical (unpaired) electrons. The van der Waals surface area contributed by atoms with Gasteiger partial charge in [-0.1, -0.05) is 32.9 Å². The van der Waals surface area contributed by atoms with E-state index in [0.29, 0.717) is 6.61 Å². The van der Waals surface area contributed by atoms with Crippen LogP contribution in [-0.2, 0) is 13.9 Å². The van der Waals surface area contributed by atoms with E-state index in [-0.39, 0.29) is 23.9 Å². The van der Waals surface area contributed by atoms with E-state index in [0.717, 1.165) is 11.3 Å². The molecule has 1 aliphatic rings. The van der Waals surface area contributed by atoms with Gasteiger partial charge in [-0.05, 0) is 30.3 Å². The van der Waals surface area contributed by atoms with Gasteiger partial charge in [-0.3, -0.25) is 0 Å². The summed E-state index contributed by atoms with van der Waals surface area (Å²) in [4.78, 5) is 0. The maximum atomic E-state index is 9.60. The summed E-state index contributed by atoms with van der Waals surface area (Å²) in [5.41, 5.74) is 0.907. The zero-order chi connectivity index (χ0) is 18.0. The highest BCUT2D eigenvalue weighted by atomic mass is 28.4. The van der Waals surface area contributed by atoms with Crippen molar-refractivity contribution >= 4 is 8.32 Å². The van der Waals surface area contributed by atoms with Crippen LogP contribution < -0.4 is 4.74 Å². The fourth-order valence-electron chi connectivity index (χ4n) is 2.26. The average Bonchev–Trinajstić information content (AvgIpc) is 2.95. The summed E-state index contributed by atoms with van der Waals surface area (Å²) in [7, 11) is -0.230. The van der Waals surface area contributed by atoms with Gasteiger partial charge < -0.3 is 23.7 Å². The van der Waals surface area contributed by atoms with Crippen molar-refractivity contribution in [1.29, 1.82) is 0 Å². The summed E-state index contributed by atoms with van der Waals surface area (Å²) >= 11 is 0. The Kier molecular flexibility index (Phi) is 6.09. The molecule has 3 atom stereocenters. The molecular weight excluding hydrogens is 324 g/mol. The molecule has 24 heavy (non-hydrogen) atoms. The van der Waals surface area contributed by atoms with Crippen LogP contribution in [0.15, 0.2) is 24.3 Å². The van der Waals surface area contributed by atoms with Crippen LogP contribution in [0.4, 0.5) is 0 Å². The van der Waals surface area contributed by atoms with Crippen molar-refractivity contribution in [2.45, 2.75) is 57.4 Å². The minimum absolute atomic E-state index is 0.0851. The third-order valence-electron chi connectivity index (χ3n) is 4.99. The van der Waals surface area contributed by atoms with Crippen molar-refractivity contribution < 1.29 is 23.7 Å². The third kappa shape index (κ3) is 4.37. The number of hydrogen-bond donors (Lipinski definition) is 1. The molecule has 1 heterocycles. The second-order valence-corrected chi connectivity index (χ2v) is 12.5. The number of hydrogen-bond acceptors (Lipinski definition) is 5. The summed E-state index contributed by atoms with van der Waals surface area (Å²) in [5, 5.41) is 9.74. The number of benzene rings is 1. The van der Waals surface area contributed by atoms with Gasteiger partial charge in [0.25, 0.3) is 0 Å². The van der Waals surface area contributed by atoms with E-state index in [2.05, 4.69) is 33.9 Å². The number of methoxy groups -OCH3 is 1. The summed E-state index contributed by atoms with van der Waals surface area (Å²) in [6.07, 6.45) is -1.13. The molecule has 136 valence electrons. The number of aliphatic hydroxyl groups excluding tert-OH is 1. The Morgan fingerprint density at radius 1 is 1.08 bits per heavy atom. The topological polar surface area (TPSA) is 57.2 Å². The highest BCUT2D eigenvalue weighted by Crippen LogP contribution is 2.38. The van der Waals surface area contributed by atoms with E-state index in [1.54, 1.807) is 7.11 Å². The molecule has 5 nitrogen and oxygen atoms in total. The molecule has 0 amide bonds. The molecule has 1 N–H and O–H groups in total. The Bertz CT molecular complexity index is 523. The molecule has 1 aromatic rings. The maximum Gasteiger partial charge on any atom is 0.192 e. The van der Waals surface area contributed by atoms with Gasteiger partial charge in [0.1, 0.15) is 18.0 Å². The molecule has 0 saturated carbocycles. The number of ether oxygens (including phenoxy) is 3. The average molecular weight is 355 g/mol. The predicted octanol–water partition coefficient (Wildman–Crippen LogP) is 3.49. The molecule has 1 aromatic carbocycles. The summed E-state index contributed by atoms with van der Waals surface area (Å²) < 4.78 is 23.3. The van der Waals surface area contributed by atoms with Gasteiger partial charge >= 0.3 is 0 Å². The highest BCUT2D eigenvalue weighted by molar-refractivity contribution is 6.74. The van der Waals surface area contributed by atoms with Crippen molar-refractivity contribution in [3.05, 3.63) is 29.8 Å².